The predicted octanol–water partition coefficient (Wildman–Crippen LogP) is 3.90. The molecule has 0 aromatic heterocycles. The van der Waals surface area contributed by atoms with Crippen molar-refractivity contribution < 1.29 is 13.9 Å². The van der Waals surface area contributed by atoms with Crippen LogP contribution in [0.5, 0.6) is 5.75 Å². The Hall–Kier alpha value is -2.10. The van der Waals surface area contributed by atoms with E-state index in [1.807, 2.05) is 32.0 Å². The highest BCUT2D eigenvalue weighted by atomic mass is 19.1. The number of aryl methyl sites for hydroxylation is 2. The zero-order chi connectivity index (χ0) is 14.0. The van der Waals surface area contributed by atoms with Crippen LogP contribution in [0.15, 0.2) is 30.3 Å². The van der Waals surface area contributed by atoms with Gasteiger partial charge in [-0.2, -0.15) is 0 Å². The fraction of sp³-hybridized carbons (Fsp3) is 0.200. The van der Waals surface area contributed by atoms with Crippen LogP contribution < -0.4 is 5.32 Å². The number of benzene rings is 2. The van der Waals surface area contributed by atoms with Crippen molar-refractivity contribution >= 4 is 5.69 Å². The lowest BCUT2D eigenvalue weighted by atomic mass is 10.1. The van der Waals surface area contributed by atoms with E-state index < -0.39 is 17.4 Å². The molecule has 0 spiro atoms. The fourth-order valence-corrected chi connectivity index (χ4v) is 1.84. The summed E-state index contributed by atoms with van der Waals surface area (Å²) < 4.78 is 26.4. The van der Waals surface area contributed by atoms with Crippen molar-refractivity contribution in [2.45, 2.75) is 20.4 Å². The molecule has 2 N–H and O–H groups in total. The largest absolute Gasteiger partial charge is 0.503 e. The number of hydrogen-bond acceptors (Lipinski definition) is 2. The molecule has 0 saturated carbocycles. The Balaban J connectivity index is 2.17. The second-order valence-electron chi connectivity index (χ2n) is 4.58. The van der Waals surface area contributed by atoms with Gasteiger partial charge in [0, 0.05) is 12.2 Å². The van der Waals surface area contributed by atoms with Gasteiger partial charge in [0.05, 0.1) is 0 Å². The van der Waals surface area contributed by atoms with Gasteiger partial charge in [0.2, 0.25) is 0 Å². The Morgan fingerprint density at radius 3 is 2.32 bits per heavy atom. The Morgan fingerprint density at radius 2 is 1.68 bits per heavy atom. The van der Waals surface area contributed by atoms with Gasteiger partial charge in [-0.05, 0) is 48.7 Å². The number of nitrogens with one attached hydrogen (secondary N) is 1. The number of halogens is 2. The zero-order valence-electron chi connectivity index (χ0n) is 10.8. The Labute approximate surface area is 110 Å². The first-order valence-corrected chi connectivity index (χ1v) is 5.95. The zero-order valence-corrected chi connectivity index (χ0v) is 10.8. The number of anilines is 1. The van der Waals surface area contributed by atoms with E-state index in [1.54, 1.807) is 0 Å². The van der Waals surface area contributed by atoms with Crippen molar-refractivity contribution in [2.24, 2.45) is 0 Å². The molecule has 4 heteroatoms. The molecule has 0 aliphatic carbocycles. The molecule has 0 atom stereocenters. The second kappa shape index (κ2) is 5.26. The summed E-state index contributed by atoms with van der Waals surface area (Å²) in [6, 6.07) is 8.20. The van der Waals surface area contributed by atoms with Gasteiger partial charge in [-0.3, -0.25) is 0 Å². The third-order valence-electron chi connectivity index (χ3n) is 2.95. The molecule has 0 fully saturated rings. The minimum atomic E-state index is -0.947. The lowest BCUT2D eigenvalue weighted by Crippen LogP contribution is -2.02. The smallest absolute Gasteiger partial charge is 0.187 e. The summed E-state index contributed by atoms with van der Waals surface area (Å²) in [5.41, 5.74) is 3.53. The Morgan fingerprint density at radius 1 is 1.05 bits per heavy atom. The van der Waals surface area contributed by atoms with Crippen molar-refractivity contribution in [3.8, 4) is 5.75 Å². The molecule has 0 unspecified atom stereocenters. The molecule has 0 saturated heterocycles. The first-order chi connectivity index (χ1) is 8.97. The molecule has 0 heterocycles. The van der Waals surface area contributed by atoms with Crippen LogP contribution in [0.4, 0.5) is 14.5 Å². The molecule has 0 aliphatic heterocycles. The molecule has 2 aromatic rings. The quantitative estimate of drug-likeness (QED) is 0.880. The van der Waals surface area contributed by atoms with Crippen molar-refractivity contribution in [2.75, 3.05) is 5.32 Å². The van der Waals surface area contributed by atoms with Crippen LogP contribution in [0, 0.1) is 25.5 Å². The van der Waals surface area contributed by atoms with E-state index in [4.69, 9.17) is 5.11 Å². The van der Waals surface area contributed by atoms with Gasteiger partial charge in [-0.15, -0.1) is 0 Å². The highest BCUT2D eigenvalue weighted by molar-refractivity contribution is 5.52. The fourth-order valence-electron chi connectivity index (χ4n) is 1.84. The van der Waals surface area contributed by atoms with E-state index in [1.165, 1.54) is 0 Å². The highest BCUT2D eigenvalue weighted by Gasteiger charge is 2.09. The van der Waals surface area contributed by atoms with Crippen LogP contribution >= 0.6 is 0 Å². The van der Waals surface area contributed by atoms with Crippen LogP contribution in [-0.2, 0) is 6.54 Å². The van der Waals surface area contributed by atoms with Gasteiger partial charge in [0.15, 0.2) is 17.4 Å². The van der Waals surface area contributed by atoms with E-state index in [2.05, 4.69) is 5.32 Å². The van der Waals surface area contributed by atoms with Gasteiger partial charge in [0.1, 0.15) is 0 Å². The molecule has 0 amide bonds. The Bertz CT molecular complexity index is 588. The molecule has 19 heavy (non-hydrogen) atoms. The van der Waals surface area contributed by atoms with E-state index in [-0.39, 0.29) is 0 Å². The highest BCUT2D eigenvalue weighted by Crippen LogP contribution is 2.23. The third kappa shape index (κ3) is 3.02. The average molecular weight is 263 g/mol. The van der Waals surface area contributed by atoms with Crippen molar-refractivity contribution in [3.63, 3.8) is 0 Å². The number of hydrogen-bond donors (Lipinski definition) is 2. The number of rotatable bonds is 3. The molecular formula is C15H15F2NO. The van der Waals surface area contributed by atoms with E-state index in [0.717, 1.165) is 28.9 Å². The SMILES string of the molecule is Cc1ccc(C)c(NCc2cc(F)c(O)c(F)c2)c1. The summed E-state index contributed by atoms with van der Waals surface area (Å²) in [6.07, 6.45) is 0. The number of phenolic OH excluding ortho intramolecular Hbond substituents is 1. The molecular weight excluding hydrogens is 248 g/mol. The maximum Gasteiger partial charge on any atom is 0.187 e. The molecule has 0 radical (unpaired) electrons. The van der Waals surface area contributed by atoms with Gasteiger partial charge in [0.25, 0.3) is 0 Å². The topological polar surface area (TPSA) is 32.3 Å². The van der Waals surface area contributed by atoms with E-state index >= 15 is 0 Å². The van der Waals surface area contributed by atoms with Crippen molar-refractivity contribution in [1.29, 1.82) is 0 Å². The number of aromatic hydroxyl groups is 1. The predicted molar refractivity (Wildman–Crippen MR) is 71.3 cm³/mol. The van der Waals surface area contributed by atoms with Crippen LogP contribution in [-0.4, -0.2) is 5.11 Å². The van der Waals surface area contributed by atoms with Crippen molar-refractivity contribution in [3.05, 3.63) is 58.7 Å². The molecule has 0 bridgehead atoms. The average Bonchev–Trinajstić information content (AvgIpc) is 2.37. The van der Waals surface area contributed by atoms with Crippen LogP contribution in [0.2, 0.25) is 0 Å². The van der Waals surface area contributed by atoms with Gasteiger partial charge in [-0.1, -0.05) is 12.1 Å². The summed E-state index contributed by atoms with van der Waals surface area (Å²) in [7, 11) is 0. The van der Waals surface area contributed by atoms with Crippen LogP contribution in [0.3, 0.4) is 0 Å². The molecule has 2 aromatic carbocycles. The maximum absolute atomic E-state index is 13.2. The monoisotopic (exact) mass is 263 g/mol. The summed E-state index contributed by atoms with van der Waals surface area (Å²) in [6.45, 7) is 4.22. The molecule has 100 valence electrons. The minimum Gasteiger partial charge on any atom is -0.503 e. The molecule has 0 aliphatic rings. The van der Waals surface area contributed by atoms with Gasteiger partial charge in [-0.25, -0.2) is 8.78 Å². The first-order valence-electron chi connectivity index (χ1n) is 5.95. The van der Waals surface area contributed by atoms with E-state index in [0.29, 0.717) is 12.1 Å². The van der Waals surface area contributed by atoms with Crippen molar-refractivity contribution in [1.82, 2.24) is 0 Å². The first kappa shape index (κ1) is 13.3. The number of phenols is 1. The molecule has 2 nitrogen and oxygen atoms in total. The summed E-state index contributed by atoms with van der Waals surface area (Å²) >= 11 is 0. The normalized spacial score (nSPS) is 10.5. The lowest BCUT2D eigenvalue weighted by molar-refractivity contribution is 0.395. The van der Waals surface area contributed by atoms with Crippen LogP contribution in [0.1, 0.15) is 16.7 Å². The third-order valence-corrected chi connectivity index (χ3v) is 2.95. The summed E-state index contributed by atoms with van der Waals surface area (Å²) in [5.74, 6) is -2.83. The van der Waals surface area contributed by atoms with E-state index in [9.17, 15) is 8.78 Å². The second-order valence-corrected chi connectivity index (χ2v) is 4.58. The molecule has 2 rings (SSSR count). The minimum absolute atomic E-state index is 0.290. The van der Waals surface area contributed by atoms with Gasteiger partial charge < -0.3 is 10.4 Å². The summed E-state index contributed by atoms with van der Waals surface area (Å²) in [5, 5.41) is 12.2. The Kier molecular flexibility index (Phi) is 3.69. The standard InChI is InChI=1S/C15H15F2NO/c1-9-3-4-10(2)14(5-9)18-8-11-6-12(16)15(19)13(17)7-11/h3-7,18-19H,8H2,1-2H3. The summed E-state index contributed by atoms with van der Waals surface area (Å²) in [4.78, 5) is 0. The van der Waals surface area contributed by atoms with Gasteiger partial charge >= 0.3 is 0 Å². The lowest BCUT2D eigenvalue weighted by Gasteiger charge is -2.11. The van der Waals surface area contributed by atoms with Crippen LogP contribution in [0.25, 0.3) is 0 Å². The maximum atomic E-state index is 13.2.